The maximum absolute atomic E-state index is 12.1. The Labute approximate surface area is 133 Å². The standard InChI is InChI=1S/C14H15NO5S2/c1-11(14(16)20-21-10-12-7-8-19-9-12)15-22(17,18)13-5-3-2-4-6-13/h2-9,11,15H,10H2,1H3. The summed E-state index contributed by atoms with van der Waals surface area (Å²) in [5, 5.41) is 0. The fourth-order valence-electron chi connectivity index (χ4n) is 1.55. The highest BCUT2D eigenvalue weighted by molar-refractivity contribution is 7.94. The Morgan fingerprint density at radius 2 is 2.05 bits per heavy atom. The third-order valence-electron chi connectivity index (χ3n) is 2.69. The number of sulfonamides is 1. The first-order valence-electron chi connectivity index (χ1n) is 6.41. The molecule has 8 heteroatoms. The molecular weight excluding hydrogens is 326 g/mol. The highest BCUT2D eigenvalue weighted by atomic mass is 32.2. The van der Waals surface area contributed by atoms with Gasteiger partial charge in [-0.05, 0) is 25.1 Å². The van der Waals surface area contributed by atoms with Crippen LogP contribution in [-0.4, -0.2) is 20.4 Å². The van der Waals surface area contributed by atoms with Crippen LogP contribution in [0, 0.1) is 0 Å². The molecule has 0 aliphatic carbocycles. The van der Waals surface area contributed by atoms with Crippen molar-refractivity contribution in [2.45, 2.75) is 23.6 Å². The molecule has 0 saturated carbocycles. The van der Waals surface area contributed by atoms with E-state index in [1.807, 2.05) is 0 Å². The summed E-state index contributed by atoms with van der Waals surface area (Å²) in [6.07, 6.45) is 3.07. The van der Waals surface area contributed by atoms with Gasteiger partial charge < -0.3 is 8.60 Å². The van der Waals surface area contributed by atoms with Gasteiger partial charge in [0.1, 0.15) is 6.04 Å². The Morgan fingerprint density at radius 1 is 1.32 bits per heavy atom. The summed E-state index contributed by atoms with van der Waals surface area (Å²) in [6.45, 7) is 1.43. The van der Waals surface area contributed by atoms with Gasteiger partial charge in [-0.25, -0.2) is 13.2 Å². The van der Waals surface area contributed by atoms with E-state index >= 15 is 0 Å². The van der Waals surface area contributed by atoms with Crippen molar-refractivity contribution in [2.75, 3.05) is 0 Å². The maximum Gasteiger partial charge on any atom is 0.335 e. The minimum absolute atomic E-state index is 0.0979. The summed E-state index contributed by atoms with van der Waals surface area (Å²) >= 11 is 0.925. The number of hydrogen-bond donors (Lipinski definition) is 1. The zero-order chi connectivity index (χ0) is 16.0. The second-order valence-electron chi connectivity index (χ2n) is 4.45. The first-order valence-corrected chi connectivity index (χ1v) is 8.80. The molecule has 0 bridgehead atoms. The molecule has 118 valence electrons. The van der Waals surface area contributed by atoms with Gasteiger partial charge in [-0.15, -0.1) is 0 Å². The number of furan rings is 1. The summed E-state index contributed by atoms with van der Waals surface area (Å²) in [6, 6.07) is 8.60. The lowest BCUT2D eigenvalue weighted by molar-refractivity contribution is -0.134. The number of hydrogen-bond acceptors (Lipinski definition) is 6. The molecule has 0 radical (unpaired) electrons. The van der Waals surface area contributed by atoms with Crippen molar-refractivity contribution in [2.24, 2.45) is 0 Å². The number of nitrogens with one attached hydrogen (secondary N) is 1. The highest BCUT2D eigenvalue weighted by Gasteiger charge is 2.23. The fraction of sp³-hybridized carbons (Fsp3) is 0.214. The smallest absolute Gasteiger partial charge is 0.335 e. The molecule has 0 aliphatic heterocycles. The van der Waals surface area contributed by atoms with Gasteiger partial charge in [0.25, 0.3) is 0 Å². The second-order valence-corrected chi connectivity index (χ2v) is 6.86. The molecule has 1 N–H and O–H groups in total. The second kappa shape index (κ2) is 7.48. The van der Waals surface area contributed by atoms with Crippen LogP contribution in [0.25, 0.3) is 0 Å². The number of benzene rings is 1. The number of carbonyl (C=O) groups is 1. The molecule has 1 aromatic heterocycles. The van der Waals surface area contributed by atoms with E-state index in [1.54, 1.807) is 30.5 Å². The minimum Gasteiger partial charge on any atom is -0.472 e. The van der Waals surface area contributed by atoms with E-state index < -0.39 is 22.0 Å². The highest BCUT2D eigenvalue weighted by Crippen LogP contribution is 2.15. The maximum atomic E-state index is 12.1. The van der Waals surface area contributed by atoms with Crippen LogP contribution in [0.15, 0.2) is 58.2 Å². The van der Waals surface area contributed by atoms with E-state index in [0.29, 0.717) is 5.75 Å². The molecule has 2 rings (SSSR count). The first-order chi connectivity index (χ1) is 10.5. The Kier molecular flexibility index (Phi) is 5.64. The van der Waals surface area contributed by atoms with Crippen molar-refractivity contribution in [1.29, 1.82) is 0 Å². The van der Waals surface area contributed by atoms with Crippen LogP contribution in [0.4, 0.5) is 0 Å². The van der Waals surface area contributed by atoms with E-state index in [1.165, 1.54) is 25.3 Å². The topological polar surface area (TPSA) is 85.6 Å². The summed E-state index contributed by atoms with van der Waals surface area (Å²) < 4.78 is 36.3. The molecule has 1 aromatic carbocycles. The van der Waals surface area contributed by atoms with Gasteiger partial charge in [0, 0.05) is 5.56 Å². The van der Waals surface area contributed by atoms with E-state index in [-0.39, 0.29) is 4.90 Å². The molecule has 6 nitrogen and oxygen atoms in total. The summed E-state index contributed by atoms with van der Waals surface area (Å²) in [7, 11) is -3.75. The zero-order valence-electron chi connectivity index (χ0n) is 11.8. The average molecular weight is 341 g/mol. The lowest BCUT2D eigenvalue weighted by Gasteiger charge is -2.12. The lowest BCUT2D eigenvalue weighted by Crippen LogP contribution is -2.38. The van der Waals surface area contributed by atoms with Crippen molar-refractivity contribution >= 4 is 28.0 Å². The molecule has 0 fully saturated rings. The molecule has 1 unspecified atom stereocenters. The molecule has 2 aromatic rings. The Hall–Kier alpha value is -1.77. The summed E-state index contributed by atoms with van der Waals surface area (Å²) in [5.74, 6) is -0.228. The van der Waals surface area contributed by atoms with E-state index in [4.69, 9.17) is 8.60 Å². The van der Waals surface area contributed by atoms with Crippen molar-refractivity contribution in [3.05, 3.63) is 54.5 Å². The van der Waals surface area contributed by atoms with Gasteiger partial charge in [0.05, 0.1) is 35.2 Å². The third kappa shape index (κ3) is 4.62. The SMILES string of the molecule is CC(NS(=O)(=O)c1ccccc1)C(=O)OSCc1ccoc1. The predicted molar refractivity (Wildman–Crippen MR) is 82.3 cm³/mol. The fourth-order valence-corrected chi connectivity index (χ4v) is 3.38. The van der Waals surface area contributed by atoms with Gasteiger partial charge in [0.2, 0.25) is 10.0 Å². The Morgan fingerprint density at radius 3 is 2.68 bits per heavy atom. The zero-order valence-corrected chi connectivity index (χ0v) is 13.4. The molecule has 1 atom stereocenters. The van der Waals surface area contributed by atoms with Gasteiger partial charge in [-0.2, -0.15) is 4.72 Å². The average Bonchev–Trinajstić information content (AvgIpc) is 3.01. The van der Waals surface area contributed by atoms with Crippen molar-refractivity contribution in [3.8, 4) is 0 Å². The van der Waals surface area contributed by atoms with Gasteiger partial charge >= 0.3 is 5.97 Å². The van der Waals surface area contributed by atoms with Crippen LogP contribution in [0.3, 0.4) is 0 Å². The van der Waals surface area contributed by atoms with Crippen molar-refractivity contribution in [3.63, 3.8) is 0 Å². The Bertz CT molecular complexity index is 698. The molecule has 22 heavy (non-hydrogen) atoms. The molecule has 0 saturated heterocycles. The summed E-state index contributed by atoms with van der Waals surface area (Å²) in [4.78, 5) is 11.9. The van der Waals surface area contributed by atoms with E-state index in [9.17, 15) is 13.2 Å². The van der Waals surface area contributed by atoms with Crippen LogP contribution in [0.2, 0.25) is 0 Å². The quantitative estimate of drug-likeness (QED) is 0.778. The van der Waals surface area contributed by atoms with Crippen LogP contribution >= 0.6 is 12.0 Å². The molecular formula is C14H15NO5S2. The van der Waals surface area contributed by atoms with Crippen molar-refractivity contribution < 1.29 is 21.8 Å². The minimum atomic E-state index is -3.75. The monoisotopic (exact) mass is 341 g/mol. The van der Waals surface area contributed by atoms with E-state index in [0.717, 1.165) is 17.6 Å². The number of rotatable bonds is 7. The predicted octanol–water partition coefficient (Wildman–Crippen LogP) is 2.34. The first kappa shape index (κ1) is 16.6. The number of carbonyl (C=O) groups excluding carboxylic acids is 1. The van der Waals surface area contributed by atoms with Gasteiger partial charge in [-0.3, -0.25) is 0 Å². The molecule has 0 aliphatic rings. The summed E-state index contributed by atoms with van der Waals surface area (Å²) in [5.41, 5.74) is 0.871. The van der Waals surface area contributed by atoms with Crippen LogP contribution < -0.4 is 4.72 Å². The normalized spacial score (nSPS) is 12.8. The van der Waals surface area contributed by atoms with Gasteiger partial charge in [-0.1, -0.05) is 18.2 Å². The van der Waals surface area contributed by atoms with Gasteiger partial charge in [0.15, 0.2) is 0 Å². The van der Waals surface area contributed by atoms with Crippen LogP contribution in [-0.2, 0) is 24.8 Å². The Balaban J connectivity index is 1.85. The van der Waals surface area contributed by atoms with Crippen LogP contribution in [0.1, 0.15) is 12.5 Å². The molecule has 0 spiro atoms. The molecule has 0 amide bonds. The molecule has 1 heterocycles. The van der Waals surface area contributed by atoms with Crippen molar-refractivity contribution in [1.82, 2.24) is 4.72 Å². The van der Waals surface area contributed by atoms with Crippen LogP contribution in [0.5, 0.6) is 0 Å². The largest absolute Gasteiger partial charge is 0.472 e. The third-order valence-corrected chi connectivity index (χ3v) is 4.98. The lowest BCUT2D eigenvalue weighted by atomic mass is 10.4. The van der Waals surface area contributed by atoms with E-state index in [2.05, 4.69) is 4.72 Å².